The first-order valence-electron chi connectivity index (χ1n) is 5.65. The zero-order chi connectivity index (χ0) is 12.7. The number of amides is 2. The average Bonchev–Trinajstić information content (AvgIpc) is 2.32. The van der Waals surface area contributed by atoms with E-state index in [1.165, 1.54) is 4.90 Å². The second kappa shape index (κ2) is 7.22. The van der Waals surface area contributed by atoms with Crippen molar-refractivity contribution in [1.82, 2.24) is 10.2 Å². The van der Waals surface area contributed by atoms with Gasteiger partial charge in [0.1, 0.15) is 0 Å². The molecule has 16 heavy (non-hydrogen) atoms. The number of nitrogens with one attached hydrogen (secondary N) is 1. The van der Waals surface area contributed by atoms with Gasteiger partial charge in [0.25, 0.3) is 0 Å². The van der Waals surface area contributed by atoms with Crippen molar-refractivity contribution in [3.8, 4) is 0 Å². The quantitative estimate of drug-likeness (QED) is 0.671. The Balaban J connectivity index is 4.12. The van der Waals surface area contributed by atoms with Crippen molar-refractivity contribution in [1.29, 1.82) is 0 Å². The second-order valence-corrected chi connectivity index (χ2v) is 4.09. The van der Waals surface area contributed by atoms with Crippen LogP contribution in [0.4, 0.5) is 0 Å². The maximum atomic E-state index is 11.8. The third kappa shape index (κ3) is 4.61. The van der Waals surface area contributed by atoms with Gasteiger partial charge in [-0.05, 0) is 5.92 Å². The Labute approximate surface area is 97.4 Å². The number of carbonyl (C=O) groups excluding carboxylic acids is 2. The Morgan fingerprint density at radius 2 is 2.00 bits per heavy atom. The summed E-state index contributed by atoms with van der Waals surface area (Å²) in [7, 11) is 3.25. The van der Waals surface area contributed by atoms with Crippen molar-refractivity contribution in [3.05, 3.63) is 0 Å². The summed E-state index contributed by atoms with van der Waals surface area (Å²) in [4.78, 5) is 24.4. The fourth-order valence-corrected chi connectivity index (χ4v) is 1.26. The fourth-order valence-electron chi connectivity index (χ4n) is 1.26. The predicted molar refractivity (Wildman–Crippen MR) is 63.8 cm³/mol. The van der Waals surface area contributed by atoms with Crippen LogP contribution >= 0.6 is 0 Å². The Hall–Kier alpha value is -1.10. The molecule has 94 valence electrons. The standard InChI is InChI=1S/C11H23N3O2/c1-5-8(2)10(12)11(16)14(4)7-6-9(15)13-3/h8,10H,5-7,12H2,1-4H3,(H,13,15)/t8?,10-/m0/s1. The average molecular weight is 229 g/mol. The molecule has 5 nitrogen and oxygen atoms in total. The lowest BCUT2D eigenvalue weighted by Gasteiger charge is -2.24. The van der Waals surface area contributed by atoms with Gasteiger partial charge in [-0.25, -0.2) is 0 Å². The SMILES string of the molecule is CCC(C)[C@H](N)C(=O)N(C)CCC(=O)NC. The lowest BCUT2D eigenvalue weighted by Crippen LogP contribution is -2.46. The number of nitrogens with zero attached hydrogens (tertiary/aromatic N) is 1. The number of likely N-dealkylation sites (N-methyl/N-ethyl adjacent to an activating group) is 1. The predicted octanol–water partition coefficient (Wildman–Crippen LogP) is -0.0457. The molecular formula is C11H23N3O2. The highest BCUT2D eigenvalue weighted by molar-refractivity contribution is 5.82. The van der Waals surface area contributed by atoms with E-state index >= 15 is 0 Å². The minimum Gasteiger partial charge on any atom is -0.359 e. The molecule has 1 unspecified atom stereocenters. The number of hydrogen-bond acceptors (Lipinski definition) is 3. The third-order valence-electron chi connectivity index (χ3n) is 2.87. The minimum atomic E-state index is -0.473. The largest absolute Gasteiger partial charge is 0.359 e. The van der Waals surface area contributed by atoms with Crippen LogP contribution in [0.1, 0.15) is 26.7 Å². The third-order valence-corrected chi connectivity index (χ3v) is 2.87. The molecule has 0 bridgehead atoms. The summed E-state index contributed by atoms with van der Waals surface area (Å²) in [6.07, 6.45) is 1.18. The molecule has 0 saturated carbocycles. The minimum absolute atomic E-state index is 0.0724. The Kier molecular flexibility index (Phi) is 6.72. The van der Waals surface area contributed by atoms with Gasteiger partial charge in [-0.2, -0.15) is 0 Å². The van der Waals surface area contributed by atoms with E-state index in [1.54, 1.807) is 14.1 Å². The molecule has 0 fully saturated rings. The van der Waals surface area contributed by atoms with E-state index in [0.717, 1.165) is 6.42 Å². The zero-order valence-corrected chi connectivity index (χ0v) is 10.6. The molecule has 0 aromatic rings. The van der Waals surface area contributed by atoms with Crippen LogP contribution in [0.2, 0.25) is 0 Å². The highest BCUT2D eigenvalue weighted by Crippen LogP contribution is 2.07. The van der Waals surface area contributed by atoms with Crippen LogP contribution in [-0.4, -0.2) is 43.4 Å². The summed E-state index contributed by atoms with van der Waals surface area (Å²) >= 11 is 0. The molecule has 0 spiro atoms. The highest BCUT2D eigenvalue weighted by Gasteiger charge is 2.22. The molecule has 0 aliphatic heterocycles. The maximum Gasteiger partial charge on any atom is 0.239 e. The molecule has 0 aliphatic rings. The summed E-state index contributed by atoms with van der Waals surface area (Å²) in [5.74, 6) is -0.00929. The van der Waals surface area contributed by atoms with Crippen molar-refractivity contribution in [2.45, 2.75) is 32.7 Å². The molecule has 0 heterocycles. The van der Waals surface area contributed by atoms with Gasteiger partial charge in [0.15, 0.2) is 0 Å². The summed E-state index contributed by atoms with van der Waals surface area (Å²) < 4.78 is 0. The first-order valence-corrected chi connectivity index (χ1v) is 5.65. The molecule has 2 amide bonds. The van der Waals surface area contributed by atoms with Crippen LogP contribution in [-0.2, 0) is 9.59 Å². The van der Waals surface area contributed by atoms with Crippen molar-refractivity contribution >= 4 is 11.8 Å². The highest BCUT2D eigenvalue weighted by atomic mass is 16.2. The topological polar surface area (TPSA) is 75.4 Å². The van der Waals surface area contributed by atoms with Crippen LogP contribution < -0.4 is 11.1 Å². The molecule has 2 atom stereocenters. The van der Waals surface area contributed by atoms with Gasteiger partial charge < -0.3 is 16.0 Å². The van der Waals surface area contributed by atoms with Crippen LogP contribution in [0.15, 0.2) is 0 Å². The van der Waals surface area contributed by atoms with Gasteiger partial charge >= 0.3 is 0 Å². The number of carbonyl (C=O) groups is 2. The summed E-state index contributed by atoms with van der Waals surface area (Å²) in [5.41, 5.74) is 5.82. The molecule has 0 radical (unpaired) electrons. The second-order valence-electron chi connectivity index (χ2n) is 4.09. The molecule has 0 saturated heterocycles. The summed E-state index contributed by atoms with van der Waals surface area (Å²) in [5, 5.41) is 2.51. The zero-order valence-electron chi connectivity index (χ0n) is 10.6. The van der Waals surface area contributed by atoms with E-state index < -0.39 is 6.04 Å². The maximum absolute atomic E-state index is 11.8. The number of rotatable bonds is 6. The normalized spacial score (nSPS) is 14.1. The first kappa shape index (κ1) is 14.9. The summed E-state index contributed by atoms with van der Waals surface area (Å²) in [6.45, 7) is 4.36. The first-order chi connectivity index (χ1) is 7.43. The smallest absolute Gasteiger partial charge is 0.239 e. The molecule has 0 aliphatic carbocycles. The molecule has 0 rings (SSSR count). The van der Waals surface area contributed by atoms with E-state index in [2.05, 4.69) is 5.32 Å². The van der Waals surface area contributed by atoms with E-state index in [-0.39, 0.29) is 17.7 Å². The fraction of sp³-hybridized carbons (Fsp3) is 0.818. The monoisotopic (exact) mass is 229 g/mol. The number of hydrogen-bond donors (Lipinski definition) is 2. The van der Waals surface area contributed by atoms with Gasteiger partial charge in [0.05, 0.1) is 6.04 Å². The Morgan fingerprint density at radius 3 is 2.44 bits per heavy atom. The Morgan fingerprint density at radius 1 is 1.44 bits per heavy atom. The van der Waals surface area contributed by atoms with E-state index in [0.29, 0.717) is 13.0 Å². The van der Waals surface area contributed by atoms with Crippen molar-refractivity contribution in [2.24, 2.45) is 11.7 Å². The lowest BCUT2D eigenvalue weighted by molar-refractivity contribution is -0.133. The van der Waals surface area contributed by atoms with Gasteiger partial charge in [-0.3, -0.25) is 9.59 Å². The van der Waals surface area contributed by atoms with Crippen LogP contribution in [0.5, 0.6) is 0 Å². The van der Waals surface area contributed by atoms with Crippen molar-refractivity contribution in [2.75, 3.05) is 20.6 Å². The molecule has 5 heteroatoms. The Bertz CT molecular complexity index is 243. The van der Waals surface area contributed by atoms with Crippen molar-refractivity contribution in [3.63, 3.8) is 0 Å². The summed E-state index contributed by atoms with van der Waals surface area (Å²) in [6, 6.07) is -0.473. The van der Waals surface area contributed by atoms with Gasteiger partial charge in [-0.1, -0.05) is 20.3 Å². The van der Waals surface area contributed by atoms with E-state index in [1.807, 2.05) is 13.8 Å². The molecule has 0 aromatic carbocycles. The van der Waals surface area contributed by atoms with E-state index in [9.17, 15) is 9.59 Å². The number of nitrogens with two attached hydrogens (primary N) is 1. The van der Waals surface area contributed by atoms with Crippen LogP contribution in [0, 0.1) is 5.92 Å². The van der Waals surface area contributed by atoms with Gasteiger partial charge in [-0.15, -0.1) is 0 Å². The van der Waals surface area contributed by atoms with Gasteiger partial charge in [0, 0.05) is 27.1 Å². The molecule has 3 N–H and O–H groups in total. The van der Waals surface area contributed by atoms with E-state index in [4.69, 9.17) is 5.73 Å². The molecular weight excluding hydrogens is 206 g/mol. The van der Waals surface area contributed by atoms with Crippen molar-refractivity contribution < 1.29 is 9.59 Å². The van der Waals surface area contributed by atoms with Gasteiger partial charge in [0.2, 0.25) is 11.8 Å². The van der Waals surface area contributed by atoms with Crippen LogP contribution in [0.25, 0.3) is 0 Å². The van der Waals surface area contributed by atoms with Crippen LogP contribution in [0.3, 0.4) is 0 Å². The molecule has 0 aromatic heterocycles. The lowest BCUT2D eigenvalue weighted by atomic mass is 9.99.